The molecule has 2 atom stereocenters. The fourth-order valence-electron chi connectivity index (χ4n) is 10.5. The number of allylic oxidation sites excluding steroid dienone is 7. The van der Waals surface area contributed by atoms with Gasteiger partial charge in [0.1, 0.15) is 31.6 Å². The lowest BCUT2D eigenvalue weighted by molar-refractivity contribution is -0.777. The van der Waals surface area contributed by atoms with Crippen LogP contribution in [0.5, 0.6) is 0 Å². The Kier molecular flexibility index (Phi) is 12.3. The number of fused-ring (bicyclic) bond motifs is 7. The van der Waals surface area contributed by atoms with Crippen molar-refractivity contribution in [2.24, 2.45) is 0 Å². The molecule has 0 saturated carbocycles. The van der Waals surface area contributed by atoms with Crippen LogP contribution in [-0.2, 0) is 50.6 Å². The minimum atomic E-state index is -4.78. The average molecular weight is 1020 g/mol. The molecule has 3 aliphatic heterocycles. The predicted molar refractivity (Wildman–Crippen MR) is 257 cm³/mol. The van der Waals surface area contributed by atoms with Gasteiger partial charge >= 0.3 is 0 Å². The van der Waals surface area contributed by atoms with Crippen LogP contribution in [0.3, 0.4) is 0 Å². The molecule has 0 bridgehead atoms. The molecule has 5 aromatic carbocycles. The first-order valence-electron chi connectivity index (χ1n) is 21.5. The lowest BCUT2D eigenvalue weighted by Crippen LogP contribution is -2.33. The molecule has 0 amide bonds. The second-order valence-electron chi connectivity index (χ2n) is 18.4. The van der Waals surface area contributed by atoms with Gasteiger partial charge in [-0.2, -0.15) is 8.91 Å². The van der Waals surface area contributed by atoms with E-state index < -0.39 is 52.3 Å². The summed E-state index contributed by atoms with van der Waals surface area (Å²) in [6, 6.07) is 24.3. The summed E-state index contributed by atoms with van der Waals surface area (Å²) in [6.07, 6.45) is 10.0. The first kappa shape index (κ1) is 48.3. The second kappa shape index (κ2) is 17.3. The Bertz CT molecular complexity index is 3470. The van der Waals surface area contributed by atoms with Crippen LogP contribution in [0, 0.1) is 0 Å². The number of benzene rings is 5. The van der Waals surface area contributed by atoms with Crippen LogP contribution in [0.1, 0.15) is 58.1 Å². The summed E-state index contributed by atoms with van der Waals surface area (Å²) in [5, 5.41) is 15.6. The SMILES string of the molecule is CC1(C)C(/C=C/C2=C(Sc3ccc(N)cc3)C(=C/C=C3\C(C)(C)c4c(ccc5cc(S(=O)(=O)[O-])ccc45)[N+]34CC4S(=O)(=O)[O-])/CCC2)=[N+](CCS(=O)(=O)[O-])c2ccc3cc(SOO[O-])ccc3c21. The Morgan fingerprint density at radius 1 is 0.794 bits per heavy atom. The fourth-order valence-corrected chi connectivity index (χ4v) is 14.1. The third-order valence-corrected chi connectivity index (χ3v) is 18.0. The van der Waals surface area contributed by atoms with Gasteiger partial charge in [-0.1, -0.05) is 36.0 Å². The summed E-state index contributed by atoms with van der Waals surface area (Å²) in [6.45, 7) is 7.91. The van der Waals surface area contributed by atoms with E-state index in [2.05, 4.69) is 9.37 Å². The first-order chi connectivity index (χ1) is 31.9. The average Bonchev–Trinajstić information content (AvgIpc) is 3.94. The Morgan fingerprint density at radius 3 is 2.15 bits per heavy atom. The van der Waals surface area contributed by atoms with Crippen molar-refractivity contribution in [2.45, 2.75) is 77.8 Å². The van der Waals surface area contributed by atoms with Gasteiger partial charge in [-0.3, -0.25) is 5.04 Å². The maximum absolute atomic E-state index is 12.9. The van der Waals surface area contributed by atoms with Gasteiger partial charge in [0, 0.05) is 49.7 Å². The van der Waals surface area contributed by atoms with E-state index in [0.717, 1.165) is 72.7 Å². The Balaban J connectivity index is 1.18. The largest absolute Gasteiger partial charge is 0.748 e. The minimum absolute atomic E-state index is 0.0216. The summed E-state index contributed by atoms with van der Waals surface area (Å²) < 4.78 is 117. The number of hydrogen-bond acceptors (Lipinski definition) is 15. The molecule has 0 aromatic heterocycles. The van der Waals surface area contributed by atoms with Crippen LogP contribution in [0.4, 0.5) is 17.1 Å². The molecule has 68 heavy (non-hydrogen) atoms. The Morgan fingerprint density at radius 2 is 1.47 bits per heavy atom. The van der Waals surface area contributed by atoms with Crippen LogP contribution in [0.25, 0.3) is 21.5 Å². The van der Waals surface area contributed by atoms with Crippen LogP contribution >= 0.6 is 23.8 Å². The number of rotatable bonds is 13. The van der Waals surface area contributed by atoms with E-state index in [1.54, 1.807) is 36.0 Å². The molecule has 5 aromatic rings. The molecule has 1 spiro atoms. The first-order valence-corrected chi connectivity index (χ1v) is 27.5. The van der Waals surface area contributed by atoms with Crippen molar-refractivity contribution < 1.29 is 58.1 Å². The topological polar surface area (TPSA) is 242 Å². The van der Waals surface area contributed by atoms with Gasteiger partial charge in [-0.25, -0.2) is 29.7 Å². The highest BCUT2D eigenvalue weighted by atomic mass is 32.2. The number of hydrogen-bond donors (Lipinski definition) is 1. The monoisotopic (exact) mass is 1020 g/mol. The molecule has 9 rings (SSSR count). The molecule has 1 fully saturated rings. The predicted octanol–water partition coefficient (Wildman–Crippen LogP) is 7.41. The van der Waals surface area contributed by atoms with Crippen molar-refractivity contribution in [3.05, 3.63) is 142 Å². The van der Waals surface area contributed by atoms with Gasteiger partial charge in [0.05, 0.1) is 33.5 Å². The van der Waals surface area contributed by atoms with Gasteiger partial charge < -0.3 is 24.6 Å². The van der Waals surface area contributed by atoms with E-state index in [4.69, 9.17) is 5.73 Å². The van der Waals surface area contributed by atoms with Gasteiger partial charge in [-0.15, -0.1) is 0 Å². The van der Waals surface area contributed by atoms with Crippen molar-refractivity contribution in [3.8, 4) is 0 Å². The van der Waals surface area contributed by atoms with Gasteiger partial charge in [-0.05, 0) is 146 Å². The highest BCUT2D eigenvalue weighted by Gasteiger charge is 2.71. The van der Waals surface area contributed by atoms with E-state index in [1.807, 2.05) is 105 Å². The lowest BCUT2D eigenvalue weighted by Gasteiger charge is -2.24. The third kappa shape index (κ3) is 8.68. The molecule has 3 heterocycles. The zero-order valence-electron chi connectivity index (χ0n) is 37.1. The molecule has 0 radical (unpaired) electrons. The Labute approximate surface area is 403 Å². The quantitative estimate of drug-likeness (QED) is 0.0176. The molecule has 2 N–H and O–H groups in total. The molecule has 1 aliphatic carbocycles. The van der Waals surface area contributed by atoms with Gasteiger partial charge in [0.25, 0.3) is 0 Å². The standard InChI is InChI=1S/C48H47N3O12S5/c1-47(2)41(50(24-25-66(53,54)55)39-20-8-31-26-35(65-63-62-52)16-18-37(31)44(39)47)22-10-29-6-5-7-30(46(29)64-34-14-12-33(49)13-15-34)11-23-42-48(3,4)45-38-19-17-36(67(56,57)58)27-32(38)9-21-40(45)51(42)28-43(51)68(59,60)61/h8-23,26-27,43H,5-7,24-25,28,49H2,1-4H3,(H2-2,52,53,54,55,56,57,58,59,60,61)/p-2/b22-10+,30-11+,42-23+. The second-order valence-corrected chi connectivity index (χ2v) is 24.7. The van der Waals surface area contributed by atoms with Crippen molar-refractivity contribution >= 4 is 98.5 Å². The van der Waals surface area contributed by atoms with E-state index >= 15 is 0 Å². The summed E-state index contributed by atoms with van der Waals surface area (Å²) in [7, 11) is -14.1. The number of thioether (sulfide) groups is 1. The minimum Gasteiger partial charge on any atom is -0.748 e. The zero-order chi connectivity index (χ0) is 48.8. The molecular formula is C48H45N3O12S5-2. The van der Waals surface area contributed by atoms with Crippen LogP contribution in [0.2, 0.25) is 0 Å². The van der Waals surface area contributed by atoms with Crippen molar-refractivity contribution in [2.75, 3.05) is 24.6 Å². The zero-order valence-corrected chi connectivity index (χ0v) is 41.2. The molecular weight excluding hydrogens is 971 g/mol. The van der Waals surface area contributed by atoms with Gasteiger partial charge in [0.15, 0.2) is 28.9 Å². The Hall–Kier alpha value is -4.68. The number of nitrogens with zero attached hydrogens (tertiary/aromatic N) is 2. The number of nitrogens with two attached hydrogens (primary N) is 1. The third-order valence-electron chi connectivity index (χ3n) is 13.5. The van der Waals surface area contributed by atoms with E-state index in [1.165, 1.54) is 12.1 Å². The highest BCUT2D eigenvalue weighted by molar-refractivity contribution is 8.03. The van der Waals surface area contributed by atoms with Crippen molar-refractivity contribution in [3.63, 3.8) is 0 Å². The molecule has 20 heteroatoms. The fraction of sp³-hybridized carbons (Fsp3) is 0.271. The summed E-state index contributed by atoms with van der Waals surface area (Å²) in [5.74, 6) is -0.629. The highest BCUT2D eigenvalue weighted by Crippen LogP contribution is 2.62. The van der Waals surface area contributed by atoms with E-state index in [-0.39, 0.29) is 22.5 Å². The van der Waals surface area contributed by atoms with E-state index in [9.17, 15) is 44.2 Å². The molecule has 356 valence electrons. The van der Waals surface area contributed by atoms with Crippen LogP contribution in [-0.4, -0.2) is 73.4 Å². The maximum atomic E-state index is 12.9. The molecule has 15 nitrogen and oxygen atoms in total. The van der Waals surface area contributed by atoms with Crippen LogP contribution < -0.4 is 15.5 Å². The number of nitrogen functional groups attached to an aromatic ring is 1. The number of anilines is 1. The maximum Gasteiger partial charge on any atom is 0.238 e. The molecule has 2 unspecified atom stereocenters. The molecule has 1 saturated heterocycles. The van der Waals surface area contributed by atoms with Crippen molar-refractivity contribution in [1.82, 2.24) is 4.48 Å². The van der Waals surface area contributed by atoms with Crippen LogP contribution in [0.15, 0.2) is 146 Å². The number of quaternary nitrogens is 1. The molecule has 4 aliphatic rings. The normalized spacial score (nSPS) is 22.4. The smallest absolute Gasteiger partial charge is 0.238 e. The summed E-state index contributed by atoms with van der Waals surface area (Å²) in [5.41, 5.74) is 11.5. The van der Waals surface area contributed by atoms with Crippen molar-refractivity contribution in [1.29, 1.82) is 0 Å². The lowest BCUT2D eigenvalue weighted by atomic mass is 9.78. The summed E-state index contributed by atoms with van der Waals surface area (Å²) >= 11 is 2.31. The van der Waals surface area contributed by atoms with E-state index in [0.29, 0.717) is 45.6 Å². The van der Waals surface area contributed by atoms with Gasteiger partial charge in [0.2, 0.25) is 11.1 Å². The summed E-state index contributed by atoms with van der Waals surface area (Å²) in [4.78, 5) is 2.09.